The van der Waals surface area contributed by atoms with E-state index in [0.717, 1.165) is 13.2 Å². The summed E-state index contributed by atoms with van der Waals surface area (Å²) < 4.78 is 15.2. The van der Waals surface area contributed by atoms with Crippen molar-refractivity contribution in [3.8, 4) is 5.75 Å². The molecule has 2 aromatic rings. The Morgan fingerprint density at radius 1 is 1.09 bits per heavy atom. The number of hydrogen-bond donors (Lipinski definition) is 1. The fourth-order valence-electron chi connectivity index (χ4n) is 3.35. The molecule has 0 saturated carbocycles. The van der Waals surface area contributed by atoms with Crippen molar-refractivity contribution in [2.45, 2.75) is 6.04 Å². The van der Waals surface area contributed by atoms with Gasteiger partial charge in [-0.25, -0.2) is 14.4 Å². The van der Waals surface area contributed by atoms with Crippen LogP contribution in [0.5, 0.6) is 5.75 Å². The van der Waals surface area contributed by atoms with E-state index < -0.39 is 34.6 Å². The number of benzene rings is 2. The Kier molecular flexibility index (Phi) is 6.91. The largest absolute Gasteiger partial charge is 0.480 e. The van der Waals surface area contributed by atoms with E-state index in [1.165, 1.54) is 31.2 Å². The quantitative estimate of drug-likeness (QED) is 0.382. The highest BCUT2D eigenvalue weighted by Gasteiger charge is 2.37. The molecule has 1 aliphatic heterocycles. The van der Waals surface area contributed by atoms with Crippen molar-refractivity contribution in [2.24, 2.45) is 0 Å². The average Bonchev–Trinajstić information content (AvgIpc) is 2.83. The van der Waals surface area contributed by atoms with Crippen molar-refractivity contribution in [2.75, 3.05) is 27.9 Å². The predicted octanol–water partition coefficient (Wildman–Crippen LogP) is 2.58. The third-order valence-corrected chi connectivity index (χ3v) is 5.06. The fourth-order valence-corrected chi connectivity index (χ4v) is 3.35. The molecule has 0 aliphatic carbocycles. The number of nitrogens with zero attached hydrogens (tertiary/aromatic N) is 2. The van der Waals surface area contributed by atoms with Gasteiger partial charge in [0.05, 0.1) is 42.0 Å². The summed E-state index contributed by atoms with van der Waals surface area (Å²) in [5, 5.41) is 14.3. The van der Waals surface area contributed by atoms with Crippen LogP contribution >= 0.6 is 0 Å². The Labute approximate surface area is 188 Å². The Bertz CT molecular complexity index is 1130. The number of nitro benzene ring substituents is 1. The van der Waals surface area contributed by atoms with Crippen molar-refractivity contribution in [3.05, 3.63) is 81.0 Å². The maximum Gasteiger partial charge on any atom is 0.338 e. The Balaban J connectivity index is 2.02. The molecule has 0 spiro atoms. The lowest BCUT2D eigenvalue weighted by Gasteiger charge is -2.34. The minimum atomic E-state index is -0.808. The average molecular weight is 455 g/mol. The maximum absolute atomic E-state index is 12.7. The zero-order chi connectivity index (χ0) is 24.1. The molecule has 1 N–H and O–H groups in total. The third kappa shape index (κ3) is 4.76. The van der Waals surface area contributed by atoms with E-state index in [9.17, 15) is 24.5 Å². The number of ether oxygens (including phenoxy) is 3. The minimum absolute atomic E-state index is 0.0238. The van der Waals surface area contributed by atoms with Gasteiger partial charge >= 0.3 is 23.7 Å². The van der Waals surface area contributed by atoms with E-state index in [2.05, 4.69) is 10.1 Å². The second-order valence-electron chi connectivity index (χ2n) is 6.92. The van der Waals surface area contributed by atoms with Gasteiger partial charge in [-0.15, -0.1) is 0 Å². The first-order valence-electron chi connectivity index (χ1n) is 9.68. The number of amides is 2. The van der Waals surface area contributed by atoms with Gasteiger partial charge in [-0.2, -0.15) is 0 Å². The molecule has 172 valence electrons. The summed E-state index contributed by atoms with van der Waals surface area (Å²) in [4.78, 5) is 49.0. The van der Waals surface area contributed by atoms with Gasteiger partial charge in [-0.05, 0) is 17.7 Å². The number of nitrogens with one attached hydrogen (secondary N) is 1. The monoisotopic (exact) mass is 455 g/mol. The molecule has 11 nitrogen and oxygen atoms in total. The number of likely N-dealkylation sites (N-methyl/N-ethyl adjacent to an activating group) is 1. The smallest absolute Gasteiger partial charge is 0.338 e. The summed E-state index contributed by atoms with van der Waals surface area (Å²) in [5.74, 6) is -1.58. The van der Waals surface area contributed by atoms with E-state index in [1.807, 2.05) is 0 Å². The second kappa shape index (κ2) is 9.81. The molecule has 1 atom stereocenters. The van der Waals surface area contributed by atoms with Crippen molar-refractivity contribution in [3.63, 3.8) is 0 Å². The molecule has 0 aromatic heterocycles. The van der Waals surface area contributed by atoms with Gasteiger partial charge in [-0.1, -0.05) is 30.3 Å². The molecule has 1 heterocycles. The Morgan fingerprint density at radius 3 is 2.36 bits per heavy atom. The molecule has 3 rings (SSSR count). The molecule has 0 radical (unpaired) electrons. The molecule has 11 heteroatoms. The molecule has 0 fully saturated rings. The molecule has 1 aliphatic rings. The van der Waals surface area contributed by atoms with E-state index in [0.29, 0.717) is 5.56 Å². The number of hydrogen-bond acceptors (Lipinski definition) is 8. The molecule has 2 aromatic carbocycles. The Hall–Kier alpha value is -4.41. The van der Waals surface area contributed by atoms with Gasteiger partial charge in [0.2, 0.25) is 0 Å². The van der Waals surface area contributed by atoms with Crippen LogP contribution in [0.25, 0.3) is 0 Å². The van der Waals surface area contributed by atoms with Crippen LogP contribution in [0.2, 0.25) is 0 Å². The maximum atomic E-state index is 12.7. The second-order valence-corrected chi connectivity index (χ2v) is 6.92. The first-order valence-corrected chi connectivity index (χ1v) is 9.68. The highest BCUT2D eigenvalue weighted by Crippen LogP contribution is 2.33. The van der Waals surface area contributed by atoms with Gasteiger partial charge in [0.25, 0.3) is 0 Å². The molecule has 0 bridgehead atoms. The summed E-state index contributed by atoms with van der Waals surface area (Å²) in [6.07, 6.45) is 0. The lowest BCUT2D eigenvalue weighted by atomic mass is 9.95. The summed E-state index contributed by atoms with van der Waals surface area (Å²) in [6.45, 7) is -0.351. The first kappa shape index (κ1) is 23.3. The summed E-state index contributed by atoms with van der Waals surface area (Å²) >= 11 is 0. The number of carbonyl (C=O) groups is 3. The van der Waals surface area contributed by atoms with Crippen molar-refractivity contribution in [1.82, 2.24) is 10.2 Å². The molecule has 0 saturated heterocycles. The molecule has 2 amide bonds. The number of urea groups is 1. The number of methoxy groups -OCH3 is 2. The van der Waals surface area contributed by atoms with Gasteiger partial charge in [0, 0.05) is 13.1 Å². The predicted molar refractivity (Wildman–Crippen MR) is 114 cm³/mol. The van der Waals surface area contributed by atoms with E-state index in [-0.39, 0.29) is 29.2 Å². The van der Waals surface area contributed by atoms with Gasteiger partial charge in [-0.3, -0.25) is 15.0 Å². The van der Waals surface area contributed by atoms with Crippen LogP contribution in [-0.2, 0) is 14.3 Å². The van der Waals surface area contributed by atoms with Crippen LogP contribution in [0.4, 0.5) is 10.5 Å². The fraction of sp³-hybridized carbons (Fsp3) is 0.227. The van der Waals surface area contributed by atoms with E-state index >= 15 is 0 Å². The minimum Gasteiger partial charge on any atom is -0.480 e. The van der Waals surface area contributed by atoms with Crippen LogP contribution < -0.4 is 10.1 Å². The molecular weight excluding hydrogens is 434 g/mol. The number of rotatable bonds is 7. The Morgan fingerprint density at radius 2 is 1.76 bits per heavy atom. The summed E-state index contributed by atoms with van der Waals surface area (Å²) in [7, 11) is 3.81. The first-order chi connectivity index (χ1) is 15.8. The number of nitro groups is 1. The van der Waals surface area contributed by atoms with Crippen molar-refractivity contribution in [1.29, 1.82) is 0 Å². The number of esters is 2. The van der Waals surface area contributed by atoms with E-state index in [4.69, 9.17) is 9.47 Å². The summed E-state index contributed by atoms with van der Waals surface area (Å²) in [6, 6.07) is 11.1. The SMILES string of the molecule is COC(=O)C1=C(COc2ccc(C(=O)OC)cc2[N+](=O)[O-])N(C)C(=O)NC1c1ccccc1. The summed E-state index contributed by atoms with van der Waals surface area (Å²) in [5.41, 5.74) is 0.445. The standard InChI is InChI=1S/C22H21N3O8/c1-24-16(12-33-17-10-9-14(20(26)31-2)11-15(17)25(29)30)18(21(27)32-3)19(23-22(24)28)13-7-5-4-6-8-13/h4-11,19H,12H2,1-3H3,(H,23,28). The van der Waals surface area contributed by atoms with Crippen LogP contribution in [-0.4, -0.2) is 55.7 Å². The zero-order valence-corrected chi connectivity index (χ0v) is 18.1. The topological polar surface area (TPSA) is 137 Å². The molecule has 1 unspecified atom stereocenters. The number of carbonyl (C=O) groups excluding carboxylic acids is 3. The lowest BCUT2D eigenvalue weighted by Crippen LogP contribution is -2.48. The van der Waals surface area contributed by atoms with Gasteiger partial charge < -0.3 is 19.5 Å². The normalized spacial score (nSPS) is 15.5. The molecule has 33 heavy (non-hydrogen) atoms. The van der Waals surface area contributed by atoms with Crippen molar-refractivity contribution < 1.29 is 33.5 Å². The highest BCUT2D eigenvalue weighted by molar-refractivity contribution is 5.95. The van der Waals surface area contributed by atoms with Crippen molar-refractivity contribution >= 4 is 23.7 Å². The van der Waals surface area contributed by atoms with Crippen LogP contribution in [0.1, 0.15) is 22.0 Å². The van der Waals surface area contributed by atoms with Gasteiger partial charge in [0.1, 0.15) is 6.61 Å². The zero-order valence-electron chi connectivity index (χ0n) is 18.1. The van der Waals surface area contributed by atoms with Gasteiger partial charge in [0.15, 0.2) is 5.75 Å². The third-order valence-electron chi connectivity index (χ3n) is 5.06. The van der Waals surface area contributed by atoms with E-state index in [1.54, 1.807) is 30.3 Å². The van der Waals surface area contributed by atoms with Crippen LogP contribution in [0, 0.1) is 10.1 Å². The van der Waals surface area contributed by atoms with Crippen LogP contribution in [0.15, 0.2) is 59.8 Å². The molecular formula is C22H21N3O8. The van der Waals surface area contributed by atoms with Crippen LogP contribution in [0.3, 0.4) is 0 Å². The highest BCUT2D eigenvalue weighted by atomic mass is 16.6. The lowest BCUT2D eigenvalue weighted by molar-refractivity contribution is -0.385.